The van der Waals surface area contributed by atoms with Crippen LogP contribution in [0.1, 0.15) is 32.3 Å². The lowest BCUT2D eigenvalue weighted by molar-refractivity contribution is 0.0514. The van der Waals surface area contributed by atoms with Crippen LogP contribution in [0.5, 0.6) is 0 Å². The molecule has 0 radical (unpaired) electrons. The van der Waals surface area contributed by atoms with E-state index >= 15 is 0 Å². The third-order valence-electron chi connectivity index (χ3n) is 3.33. The van der Waals surface area contributed by atoms with Gasteiger partial charge in [-0.15, -0.1) is 0 Å². The Kier molecular flexibility index (Phi) is 9.29. The molecule has 0 aromatic heterocycles. The molecule has 0 saturated heterocycles. The summed E-state index contributed by atoms with van der Waals surface area (Å²) in [4.78, 5) is 24.0. The molecule has 1 atom stereocenters. The van der Waals surface area contributed by atoms with Gasteiger partial charge in [0.2, 0.25) is 0 Å². The Morgan fingerprint density at radius 1 is 1.17 bits per heavy atom. The van der Waals surface area contributed by atoms with Crippen molar-refractivity contribution in [3.8, 4) is 0 Å². The van der Waals surface area contributed by atoms with E-state index in [1.807, 2.05) is 30.3 Å². The second-order valence-electron chi connectivity index (χ2n) is 5.11. The van der Waals surface area contributed by atoms with E-state index in [1.165, 1.54) is 0 Å². The van der Waals surface area contributed by atoms with Crippen LogP contribution in [0.4, 0.5) is 9.59 Å². The quantitative estimate of drug-likeness (QED) is 0.711. The van der Waals surface area contributed by atoms with Crippen LogP contribution in [0.25, 0.3) is 0 Å². The zero-order chi connectivity index (χ0) is 17.8. The van der Waals surface area contributed by atoms with E-state index < -0.39 is 12.2 Å². The standard InChI is InChI=1S/C17H26N2O5/c1-3-23-16(21)18-19(17(22)24-4-2)15(11-8-12-20)13-14-9-6-5-7-10-14/h5-7,9-10,15,20H,3-4,8,11-13H2,1-2H3,(H,18,21)/t15-/m0/s1. The zero-order valence-electron chi connectivity index (χ0n) is 14.2. The summed E-state index contributed by atoms with van der Waals surface area (Å²) >= 11 is 0. The van der Waals surface area contributed by atoms with Gasteiger partial charge in [0.05, 0.1) is 19.3 Å². The van der Waals surface area contributed by atoms with E-state index in [0.717, 1.165) is 10.6 Å². The fourth-order valence-corrected chi connectivity index (χ4v) is 2.28. The highest BCUT2D eigenvalue weighted by atomic mass is 16.6. The minimum absolute atomic E-state index is 0.00135. The number of ether oxygens (including phenoxy) is 2. The molecule has 2 N–H and O–H groups in total. The van der Waals surface area contributed by atoms with Gasteiger partial charge in [-0.2, -0.15) is 0 Å². The van der Waals surface area contributed by atoms with Crippen LogP contribution in [0.3, 0.4) is 0 Å². The highest BCUT2D eigenvalue weighted by Gasteiger charge is 2.27. The number of hydrogen-bond donors (Lipinski definition) is 2. The number of rotatable bonds is 8. The number of nitrogens with zero attached hydrogens (tertiary/aromatic N) is 1. The van der Waals surface area contributed by atoms with Gasteiger partial charge in [0, 0.05) is 6.61 Å². The Bertz CT molecular complexity index is 495. The molecular weight excluding hydrogens is 312 g/mol. The molecule has 7 heteroatoms. The summed E-state index contributed by atoms with van der Waals surface area (Å²) in [7, 11) is 0. The molecule has 0 aliphatic heterocycles. The van der Waals surface area contributed by atoms with Crippen LogP contribution < -0.4 is 5.43 Å². The Hall–Kier alpha value is -2.28. The smallest absolute Gasteiger partial charge is 0.429 e. The number of carbonyl (C=O) groups is 2. The summed E-state index contributed by atoms with van der Waals surface area (Å²) in [5.41, 5.74) is 3.46. The van der Waals surface area contributed by atoms with Gasteiger partial charge in [-0.05, 0) is 38.7 Å². The highest BCUT2D eigenvalue weighted by Crippen LogP contribution is 2.14. The highest BCUT2D eigenvalue weighted by molar-refractivity contribution is 5.74. The van der Waals surface area contributed by atoms with E-state index in [-0.39, 0.29) is 25.9 Å². The lowest BCUT2D eigenvalue weighted by Gasteiger charge is -2.30. The van der Waals surface area contributed by atoms with Crippen molar-refractivity contribution in [2.75, 3.05) is 19.8 Å². The van der Waals surface area contributed by atoms with Gasteiger partial charge in [0.15, 0.2) is 0 Å². The van der Waals surface area contributed by atoms with Gasteiger partial charge in [-0.1, -0.05) is 30.3 Å². The minimum Gasteiger partial charge on any atom is -0.449 e. The number of hydrogen-bond acceptors (Lipinski definition) is 5. The third kappa shape index (κ3) is 6.87. The maximum Gasteiger partial charge on any atom is 0.429 e. The van der Waals surface area contributed by atoms with E-state index in [2.05, 4.69) is 5.43 Å². The Balaban J connectivity index is 2.93. The number of aliphatic hydroxyl groups is 1. The molecule has 0 fully saturated rings. The molecule has 0 aliphatic rings. The first-order chi connectivity index (χ1) is 11.6. The zero-order valence-corrected chi connectivity index (χ0v) is 14.2. The van der Waals surface area contributed by atoms with Crippen molar-refractivity contribution in [3.05, 3.63) is 35.9 Å². The van der Waals surface area contributed by atoms with Crippen molar-refractivity contribution in [2.24, 2.45) is 0 Å². The van der Waals surface area contributed by atoms with Gasteiger partial charge in [0.1, 0.15) is 0 Å². The van der Waals surface area contributed by atoms with E-state index in [4.69, 9.17) is 14.6 Å². The van der Waals surface area contributed by atoms with Gasteiger partial charge in [0.25, 0.3) is 0 Å². The van der Waals surface area contributed by atoms with Crippen molar-refractivity contribution in [2.45, 2.75) is 39.2 Å². The number of amides is 2. The predicted molar refractivity (Wildman–Crippen MR) is 89.3 cm³/mol. The maximum absolute atomic E-state index is 12.2. The first-order valence-electron chi connectivity index (χ1n) is 8.16. The molecule has 7 nitrogen and oxygen atoms in total. The molecule has 0 bridgehead atoms. The topological polar surface area (TPSA) is 88.1 Å². The second-order valence-corrected chi connectivity index (χ2v) is 5.11. The maximum atomic E-state index is 12.2. The average molecular weight is 338 g/mol. The first kappa shape index (κ1) is 19.8. The molecule has 0 spiro atoms. The van der Waals surface area contributed by atoms with Crippen LogP contribution >= 0.6 is 0 Å². The lowest BCUT2D eigenvalue weighted by Crippen LogP contribution is -2.53. The summed E-state index contributed by atoms with van der Waals surface area (Å²) in [5.74, 6) is 0. The van der Waals surface area contributed by atoms with Gasteiger partial charge >= 0.3 is 12.2 Å². The van der Waals surface area contributed by atoms with E-state index in [9.17, 15) is 9.59 Å². The fourth-order valence-electron chi connectivity index (χ4n) is 2.28. The fraction of sp³-hybridized carbons (Fsp3) is 0.529. The van der Waals surface area contributed by atoms with E-state index in [0.29, 0.717) is 19.3 Å². The normalized spacial score (nSPS) is 11.5. The largest absolute Gasteiger partial charge is 0.449 e. The summed E-state index contributed by atoms with van der Waals surface area (Å²) in [5, 5.41) is 10.3. The minimum atomic E-state index is -0.715. The molecule has 0 heterocycles. The molecule has 0 saturated carbocycles. The van der Waals surface area contributed by atoms with Gasteiger partial charge in [-0.25, -0.2) is 20.0 Å². The van der Waals surface area contributed by atoms with Gasteiger partial charge < -0.3 is 14.6 Å². The van der Waals surface area contributed by atoms with Crippen LogP contribution in [0.2, 0.25) is 0 Å². The second kappa shape index (κ2) is 11.3. The lowest BCUT2D eigenvalue weighted by atomic mass is 10.0. The molecule has 2 amide bonds. The SMILES string of the molecule is CCOC(=O)NN(C(=O)OCC)[C@@H](CCCO)Cc1ccccc1. The number of hydrazine groups is 1. The Morgan fingerprint density at radius 2 is 1.83 bits per heavy atom. The van der Waals surface area contributed by atoms with Crippen LogP contribution in [0, 0.1) is 0 Å². The number of carbonyl (C=O) groups excluding carboxylic acids is 2. The molecule has 134 valence electrons. The molecular formula is C17H26N2O5. The van der Waals surface area contributed by atoms with Crippen molar-refractivity contribution in [1.82, 2.24) is 10.4 Å². The Morgan fingerprint density at radius 3 is 2.42 bits per heavy atom. The molecule has 0 aliphatic carbocycles. The molecule has 24 heavy (non-hydrogen) atoms. The summed E-state index contributed by atoms with van der Waals surface area (Å²) in [6, 6.07) is 9.26. The summed E-state index contributed by atoms with van der Waals surface area (Å²) < 4.78 is 9.89. The monoisotopic (exact) mass is 338 g/mol. The number of benzene rings is 1. The third-order valence-corrected chi connectivity index (χ3v) is 3.33. The number of aliphatic hydroxyl groups excluding tert-OH is 1. The Labute approximate surface area is 142 Å². The average Bonchev–Trinajstić information content (AvgIpc) is 2.58. The first-order valence-corrected chi connectivity index (χ1v) is 8.16. The van der Waals surface area contributed by atoms with Crippen molar-refractivity contribution < 1.29 is 24.2 Å². The van der Waals surface area contributed by atoms with Gasteiger partial charge in [-0.3, -0.25) is 0 Å². The summed E-state index contributed by atoms with van der Waals surface area (Å²) in [6.07, 6.45) is 0.165. The van der Waals surface area contributed by atoms with Crippen molar-refractivity contribution >= 4 is 12.2 Å². The van der Waals surface area contributed by atoms with E-state index in [1.54, 1.807) is 13.8 Å². The molecule has 1 aromatic carbocycles. The summed E-state index contributed by atoms with van der Waals surface area (Å²) in [6.45, 7) is 3.77. The molecule has 1 rings (SSSR count). The van der Waals surface area contributed by atoms with Crippen LogP contribution in [-0.4, -0.2) is 48.2 Å². The van der Waals surface area contributed by atoms with Crippen LogP contribution in [-0.2, 0) is 15.9 Å². The molecule has 1 aromatic rings. The van der Waals surface area contributed by atoms with Crippen molar-refractivity contribution in [1.29, 1.82) is 0 Å². The predicted octanol–water partition coefficient (Wildman–Crippen LogP) is 2.49. The number of nitrogens with one attached hydrogen (secondary N) is 1. The molecule has 0 unspecified atom stereocenters. The van der Waals surface area contributed by atoms with Crippen LogP contribution in [0.15, 0.2) is 30.3 Å². The van der Waals surface area contributed by atoms with Crippen molar-refractivity contribution in [3.63, 3.8) is 0 Å².